The number of hydrogen-bond acceptors (Lipinski definition) is 4. The lowest BCUT2D eigenvalue weighted by molar-refractivity contribution is -0.124. The Morgan fingerprint density at radius 3 is 2.73 bits per heavy atom. The van der Waals surface area contributed by atoms with E-state index in [1.807, 2.05) is 30.3 Å². The Hall–Kier alpha value is -2.90. The number of hydrogen-bond donors (Lipinski definition) is 3. The molecule has 1 aliphatic rings. The number of aromatic amines is 1. The summed E-state index contributed by atoms with van der Waals surface area (Å²) in [4.78, 5) is 32.9. The first-order chi connectivity index (χ1) is 14.6. The molecule has 7 nitrogen and oxygen atoms in total. The van der Waals surface area contributed by atoms with Gasteiger partial charge < -0.3 is 20.4 Å². The zero-order chi connectivity index (χ0) is 20.9. The van der Waals surface area contributed by atoms with Gasteiger partial charge in [-0.05, 0) is 30.5 Å². The van der Waals surface area contributed by atoms with Gasteiger partial charge in [0.2, 0.25) is 5.91 Å². The average Bonchev–Trinajstić information content (AvgIpc) is 3.18. The SMILES string of the molecule is O=C(N[C@@H](Cc1ccccc1)C(=O)NC1CCOCC1)c1cc2cc(Cl)ncc2[nH]1. The Morgan fingerprint density at radius 2 is 1.97 bits per heavy atom. The van der Waals surface area contributed by atoms with Crippen molar-refractivity contribution in [3.8, 4) is 0 Å². The highest BCUT2D eigenvalue weighted by Gasteiger charge is 2.25. The number of nitrogens with one attached hydrogen (secondary N) is 3. The fourth-order valence-electron chi connectivity index (χ4n) is 3.57. The van der Waals surface area contributed by atoms with E-state index in [1.54, 1.807) is 18.3 Å². The third-order valence-corrected chi connectivity index (χ3v) is 5.40. The standard InChI is InChI=1S/C22H23ClN4O3/c23-20-12-15-11-18(26-19(15)13-24-20)22(29)27-17(10-14-4-2-1-3-5-14)21(28)25-16-6-8-30-9-7-16/h1-5,11-13,16-17,26H,6-10H2,(H,25,28)(H,27,29)/t17-/m0/s1. The van der Waals surface area contributed by atoms with Gasteiger partial charge in [0.25, 0.3) is 5.91 Å². The van der Waals surface area contributed by atoms with Crippen LogP contribution in [0, 0.1) is 0 Å². The van der Waals surface area contributed by atoms with Gasteiger partial charge in [-0.15, -0.1) is 0 Å². The summed E-state index contributed by atoms with van der Waals surface area (Å²) in [6.45, 7) is 1.26. The van der Waals surface area contributed by atoms with E-state index in [4.69, 9.17) is 16.3 Å². The highest BCUT2D eigenvalue weighted by atomic mass is 35.5. The van der Waals surface area contributed by atoms with Crippen LogP contribution >= 0.6 is 11.6 Å². The van der Waals surface area contributed by atoms with Crippen molar-refractivity contribution in [2.75, 3.05) is 13.2 Å². The van der Waals surface area contributed by atoms with Gasteiger partial charge in [0.1, 0.15) is 16.9 Å². The third kappa shape index (κ3) is 4.98. The van der Waals surface area contributed by atoms with Gasteiger partial charge in [-0.2, -0.15) is 0 Å². The maximum atomic E-state index is 13.0. The number of halogens is 1. The number of pyridine rings is 1. The Bertz CT molecular complexity index is 1030. The van der Waals surface area contributed by atoms with Crippen LogP contribution in [-0.4, -0.2) is 47.1 Å². The van der Waals surface area contributed by atoms with Crippen molar-refractivity contribution in [1.29, 1.82) is 0 Å². The number of ether oxygens (including phenoxy) is 1. The summed E-state index contributed by atoms with van der Waals surface area (Å²) < 4.78 is 5.36. The predicted octanol–water partition coefficient (Wildman–Crippen LogP) is 2.85. The topological polar surface area (TPSA) is 96.1 Å². The van der Waals surface area contributed by atoms with E-state index < -0.39 is 6.04 Å². The number of benzene rings is 1. The highest BCUT2D eigenvalue weighted by molar-refractivity contribution is 6.30. The zero-order valence-electron chi connectivity index (χ0n) is 16.4. The van der Waals surface area contributed by atoms with Crippen molar-refractivity contribution >= 4 is 34.3 Å². The minimum absolute atomic E-state index is 0.0581. The monoisotopic (exact) mass is 426 g/mol. The van der Waals surface area contributed by atoms with E-state index in [2.05, 4.69) is 20.6 Å². The molecule has 3 aromatic rings. The minimum atomic E-state index is -0.698. The van der Waals surface area contributed by atoms with E-state index in [-0.39, 0.29) is 17.9 Å². The Labute approximate surface area is 179 Å². The molecular weight excluding hydrogens is 404 g/mol. The lowest BCUT2D eigenvalue weighted by atomic mass is 10.0. The third-order valence-electron chi connectivity index (χ3n) is 5.19. The fourth-order valence-corrected chi connectivity index (χ4v) is 3.73. The van der Waals surface area contributed by atoms with Crippen LogP contribution in [-0.2, 0) is 16.0 Å². The second-order valence-corrected chi connectivity index (χ2v) is 7.78. The quantitative estimate of drug-likeness (QED) is 0.528. The second kappa shape index (κ2) is 9.28. The lowest BCUT2D eigenvalue weighted by Gasteiger charge is -2.26. The summed E-state index contributed by atoms with van der Waals surface area (Å²) in [5.74, 6) is -0.551. The van der Waals surface area contributed by atoms with Crippen molar-refractivity contribution in [1.82, 2.24) is 20.6 Å². The molecule has 1 saturated heterocycles. The summed E-state index contributed by atoms with van der Waals surface area (Å²) in [5, 5.41) is 7.08. The number of rotatable bonds is 6. The van der Waals surface area contributed by atoms with Crippen LogP contribution in [0.25, 0.3) is 10.9 Å². The first kappa shape index (κ1) is 20.4. The normalized spacial score (nSPS) is 15.6. The summed E-state index contributed by atoms with van der Waals surface area (Å²) in [6, 6.07) is 12.4. The van der Waals surface area contributed by atoms with Crippen LogP contribution in [0.1, 0.15) is 28.9 Å². The van der Waals surface area contributed by atoms with Crippen molar-refractivity contribution in [2.45, 2.75) is 31.3 Å². The van der Waals surface area contributed by atoms with Gasteiger partial charge in [-0.25, -0.2) is 4.98 Å². The minimum Gasteiger partial charge on any atom is -0.381 e. The molecule has 156 valence electrons. The first-order valence-electron chi connectivity index (χ1n) is 9.95. The van der Waals surface area contributed by atoms with Crippen molar-refractivity contribution in [3.05, 3.63) is 65.1 Å². The summed E-state index contributed by atoms with van der Waals surface area (Å²) in [5.41, 5.74) is 2.03. The summed E-state index contributed by atoms with van der Waals surface area (Å²) in [7, 11) is 0. The second-order valence-electron chi connectivity index (χ2n) is 7.39. The molecule has 1 fully saturated rings. The van der Waals surface area contributed by atoms with Crippen LogP contribution in [0.2, 0.25) is 5.15 Å². The van der Waals surface area contributed by atoms with E-state index >= 15 is 0 Å². The molecule has 3 N–H and O–H groups in total. The fraction of sp³-hybridized carbons (Fsp3) is 0.318. The molecule has 4 rings (SSSR count). The number of fused-ring (bicyclic) bond motifs is 1. The van der Waals surface area contributed by atoms with Crippen molar-refractivity contribution < 1.29 is 14.3 Å². The van der Waals surface area contributed by atoms with Gasteiger partial charge >= 0.3 is 0 Å². The molecule has 0 saturated carbocycles. The summed E-state index contributed by atoms with van der Waals surface area (Å²) >= 11 is 5.93. The first-order valence-corrected chi connectivity index (χ1v) is 10.3. The molecular formula is C22H23ClN4O3. The van der Waals surface area contributed by atoms with E-state index in [0.717, 1.165) is 23.8 Å². The smallest absolute Gasteiger partial charge is 0.268 e. The maximum Gasteiger partial charge on any atom is 0.268 e. The number of aromatic nitrogens is 2. The predicted molar refractivity (Wildman–Crippen MR) is 114 cm³/mol. The molecule has 1 aromatic carbocycles. The van der Waals surface area contributed by atoms with Gasteiger partial charge in [0, 0.05) is 31.1 Å². The molecule has 0 aliphatic carbocycles. The molecule has 8 heteroatoms. The van der Waals surface area contributed by atoms with E-state index in [0.29, 0.717) is 36.0 Å². The number of amides is 2. The Morgan fingerprint density at radius 1 is 1.20 bits per heavy atom. The van der Waals surface area contributed by atoms with E-state index in [9.17, 15) is 9.59 Å². The maximum absolute atomic E-state index is 13.0. The molecule has 1 aliphatic heterocycles. The largest absolute Gasteiger partial charge is 0.381 e. The molecule has 0 bridgehead atoms. The van der Waals surface area contributed by atoms with Gasteiger partial charge in [-0.1, -0.05) is 41.9 Å². The average molecular weight is 427 g/mol. The number of carbonyl (C=O) groups is 2. The molecule has 1 atom stereocenters. The van der Waals surface area contributed by atoms with Gasteiger partial charge in [0.15, 0.2) is 0 Å². The van der Waals surface area contributed by atoms with Crippen LogP contribution in [0.4, 0.5) is 0 Å². The van der Waals surface area contributed by atoms with Crippen LogP contribution < -0.4 is 10.6 Å². The molecule has 0 unspecified atom stereocenters. The molecule has 3 heterocycles. The number of carbonyl (C=O) groups excluding carboxylic acids is 2. The lowest BCUT2D eigenvalue weighted by Crippen LogP contribution is -2.51. The van der Waals surface area contributed by atoms with Crippen LogP contribution in [0.15, 0.2) is 48.7 Å². The van der Waals surface area contributed by atoms with Crippen LogP contribution in [0.5, 0.6) is 0 Å². The molecule has 30 heavy (non-hydrogen) atoms. The highest BCUT2D eigenvalue weighted by Crippen LogP contribution is 2.18. The number of nitrogens with zero attached hydrogens (tertiary/aromatic N) is 1. The van der Waals surface area contributed by atoms with E-state index in [1.165, 1.54) is 0 Å². The molecule has 0 radical (unpaired) electrons. The molecule has 0 spiro atoms. The number of H-pyrrole nitrogens is 1. The van der Waals surface area contributed by atoms with Gasteiger partial charge in [-0.3, -0.25) is 9.59 Å². The zero-order valence-corrected chi connectivity index (χ0v) is 17.1. The Kier molecular flexibility index (Phi) is 6.30. The van der Waals surface area contributed by atoms with Crippen LogP contribution in [0.3, 0.4) is 0 Å². The van der Waals surface area contributed by atoms with Crippen molar-refractivity contribution in [2.24, 2.45) is 0 Å². The van der Waals surface area contributed by atoms with Gasteiger partial charge in [0.05, 0.1) is 11.7 Å². The Balaban J connectivity index is 1.51. The summed E-state index contributed by atoms with van der Waals surface area (Å²) in [6.07, 6.45) is 3.52. The molecule has 2 amide bonds. The molecule has 2 aromatic heterocycles. The van der Waals surface area contributed by atoms with Crippen molar-refractivity contribution in [3.63, 3.8) is 0 Å².